The molecule has 0 amide bonds. The average molecular weight is 306 g/mol. The molecule has 2 N–H and O–H groups in total. The molecule has 0 aliphatic heterocycles. The molecule has 1 fully saturated rings. The van der Waals surface area contributed by atoms with Gasteiger partial charge in [0.2, 0.25) is 0 Å². The number of anilines is 1. The van der Waals surface area contributed by atoms with Gasteiger partial charge < -0.3 is 10.3 Å². The van der Waals surface area contributed by atoms with E-state index in [1.54, 1.807) is 6.33 Å². The Morgan fingerprint density at radius 2 is 1.87 bits per heavy atom. The molecule has 1 saturated carbocycles. The lowest BCUT2D eigenvalue weighted by Crippen LogP contribution is -2.17. The van der Waals surface area contributed by atoms with E-state index in [4.69, 9.17) is 0 Å². The summed E-state index contributed by atoms with van der Waals surface area (Å²) in [7, 11) is 0. The lowest BCUT2D eigenvalue weighted by atomic mass is 9.89. The van der Waals surface area contributed by atoms with Gasteiger partial charge in [0, 0.05) is 18.3 Å². The maximum atomic E-state index is 4.51. The third-order valence-electron chi connectivity index (χ3n) is 4.84. The summed E-state index contributed by atoms with van der Waals surface area (Å²) < 4.78 is 0. The van der Waals surface area contributed by atoms with Crippen LogP contribution in [0.2, 0.25) is 0 Å². The topological polar surface area (TPSA) is 53.6 Å². The van der Waals surface area contributed by atoms with Crippen LogP contribution in [0.15, 0.2) is 42.9 Å². The van der Waals surface area contributed by atoms with E-state index in [2.05, 4.69) is 44.5 Å². The van der Waals surface area contributed by atoms with Crippen LogP contribution in [0.5, 0.6) is 0 Å². The van der Waals surface area contributed by atoms with Crippen molar-refractivity contribution < 1.29 is 0 Å². The first kappa shape index (κ1) is 14.2. The average Bonchev–Trinajstić information content (AvgIpc) is 3.06. The van der Waals surface area contributed by atoms with E-state index >= 15 is 0 Å². The summed E-state index contributed by atoms with van der Waals surface area (Å²) in [6, 6.07) is 10.4. The first-order valence-electron chi connectivity index (χ1n) is 8.53. The molecule has 2 aromatic heterocycles. The number of aromatic nitrogens is 3. The fraction of sp³-hybridized carbons (Fsp3) is 0.368. The van der Waals surface area contributed by atoms with Crippen molar-refractivity contribution in [2.75, 3.05) is 11.9 Å². The molecule has 1 aliphatic carbocycles. The molecule has 0 unspecified atom stereocenters. The molecular weight excluding hydrogens is 284 g/mol. The summed E-state index contributed by atoms with van der Waals surface area (Å²) in [6.45, 7) is 1.01. The summed E-state index contributed by atoms with van der Waals surface area (Å²) in [5, 5.41) is 4.67. The van der Waals surface area contributed by atoms with E-state index in [-0.39, 0.29) is 0 Å². The fourth-order valence-electron chi connectivity index (χ4n) is 3.57. The number of hydrogen-bond acceptors (Lipinski definition) is 3. The molecular formula is C19H22N4. The minimum Gasteiger partial charge on any atom is -0.369 e. The Bertz CT molecular complexity index is 772. The van der Waals surface area contributed by atoms with Crippen molar-refractivity contribution in [3.63, 3.8) is 0 Å². The van der Waals surface area contributed by atoms with Crippen LogP contribution in [-0.4, -0.2) is 21.5 Å². The zero-order valence-electron chi connectivity index (χ0n) is 13.3. The number of nitrogens with zero attached hydrogens (tertiary/aromatic N) is 2. The van der Waals surface area contributed by atoms with E-state index in [1.165, 1.54) is 37.7 Å². The Hall–Kier alpha value is -2.36. The second-order valence-electron chi connectivity index (χ2n) is 6.40. The summed E-state index contributed by atoms with van der Waals surface area (Å²) in [6.07, 6.45) is 10.5. The van der Waals surface area contributed by atoms with Crippen LogP contribution in [0.25, 0.3) is 22.2 Å². The minimum atomic E-state index is 0.771. The fourth-order valence-corrected chi connectivity index (χ4v) is 3.57. The lowest BCUT2D eigenvalue weighted by Gasteiger charge is -2.22. The van der Waals surface area contributed by atoms with Crippen LogP contribution >= 0.6 is 0 Å². The van der Waals surface area contributed by atoms with Crippen molar-refractivity contribution >= 4 is 16.9 Å². The maximum Gasteiger partial charge on any atom is 0.143 e. The van der Waals surface area contributed by atoms with Gasteiger partial charge in [-0.1, -0.05) is 49.6 Å². The van der Waals surface area contributed by atoms with E-state index in [0.29, 0.717) is 0 Å². The highest BCUT2D eigenvalue weighted by molar-refractivity contribution is 6.00. The number of benzene rings is 1. The van der Waals surface area contributed by atoms with Gasteiger partial charge in [-0.3, -0.25) is 0 Å². The molecule has 0 spiro atoms. The summed E-state index contributed by atoms with van der Waals surface area (Å²) in [5.74, 6) is 1.72. The van der Waals surface area contributed by atoms with Crippen molar-refractivity contribution in [2.45, 2.75) is 32.1 Å². The van der Waals surface area contributed by atoms with Crippen LogP contribution in [0.3, 0.4) is 0 Å². The van der Waals surface area contributed by atoms with Gasteiger partial charge in [0.05, 0.1) is 5.39 Å². The molecule has 2 heterocycles. The predicted molar refractivity (Wildman–Crippen MR) is 94.4 cm³/mol. The molecule has 4 heteroatoms. The number of aromatic amines is 1. The highest BCUT2D eigenvalue weighted by Gasteiger charge is 2.16. The normalized spacial score (nSPS) is 15.8. The minimum absolute atomic E-state index is 0.771. The maximum absolute atomic E-state index is 4.51. The standard InChI is InChI=1S/C19H22N4/c1-3-7-14(8-4-1)11-20-18-17-16(15-9-5-2-6-10-15)12-21-19(17)23-13-22-18/h2,5-6,9-10,12-14H,1,3-4,7-8,11H2,(H2,20,21,22,23). The number of H-pyrrole nitrogens is 1. The van der Waals surface area contributed by atoms with Gasteiger partial charge in [-0.2, -0.15) is 0 Å². The molecule has 4 rings (SSSR count). The van der Waals surface area contributed by atoms with Crippen molar-refractivity contribution in [3.8, 4) is 11.1 Å². The molecule has 0 radical (unpaired) electrons. The third-order valence-corrected chi connectivity index (χ3v) is 4.84. The zero-order valence-corrected chi connectivity index (χ0v) is 13.3. The van der Waals surface area contributed by atoms with Gasteiger partial charge in [0.25, 0.3) is 0 Å². The van der Waals surface area contributed by atoms with Gasteiger partial charge in [0.1, 0.15) is 17.8 Å². The molecule has 4 nitrogen and oxygen atoms in total. The molecule has 0 saturated heterocycles. The monoisotopic (exact) mass is 306 g/mol. The van der Waals surface area contributed by atoms with Crippen molar-refractivity contribution in [1.82, 2.24) is 15.0 Å². The Labute approximate surface area is 136 Å². The Kier molecular flexibility index (Phi) is 3.97. The van der Waals surface area contributed by atoms with Crippen molar-refractivity contribution in [1.29, 1.82) is 0 Å². The zero-order chi connectivity index (χ0) is 15.5. The number of hydrogen-bond donors (Lipinski definition) is 2. The van der Waals surface area contributed by atoms with Crippen LogP contribution in [0.4, 0.5) is 5.82 Å². The molecule has 3 aromatic rings. The van der Waals surface area contributed by atoms with Crippen LogP contribution in [-0.2, 0) is 0 Å². The van der Waals surface area contributed by atoms with E-state index in [9.17, 15) is 0 Å². The first-order chi connectivity index (χ1) is 11.4. The van der Waals surface area contributed by atoms with Crippen molar-refractivity contribution in [3.05, 3.63) is 42.9 Å². The summed E-state index contributed by atoms with van der Waals surface area (Å²) in [4.78, 5) is 12.2. The molecule has 0 bridgehead atoms. The van der Waals surface area contributed by atoms with E-state index in [1.807, 2.05) is 12.3 Å². The van der Waals surface area contributed by atoms with Gasteiger partial charge in [-0.05, 0) is 24.3 Å². The molecule has 118 valence electrons. The second kappa shape index (κ2) is 6.41. The summed E-state index contributed by atoms with van der Waals surface area (Å²) >= 11 is 0. The molecule has 0 atom stereocenters. The lowest BCUT2D eigenvalue weighted by molar-refractivity contribution is 0.373. The molecule has 23 heavy (non-hydrogen) atoms. The predicted octanol–water partition coefficient (Wildman–Crippen LogP) is 4.62. The largest absolute Gasteiger partial charge is 0.369 e. The number of nitrogens with one attached hydrogen (secondary N) is 2. The highest BCUT2D eigenvalue weighted by atomic mass is 15.0. The number of fused-ring (bicyclic) bond motifs is 1. The van der Waals surface area contributed by atoms with Crippen LogP contribution < -0.4 is 5.32 Å². The van der Waals surface area contributed by atoms with E-state index < -0.39 is 0 Å². The quantitative estimate of drug-likeness (QED) is 0.739. The Morgan fingerprint density at radius 3 is 2.70 bits per heavy atom. The number of rotatable bonds is 4. The molecule has 1 aromatic carbocycles. The van der Waals surface area contributed by atoms with Gasteiger partial charge in [-0.15, -0.1) is 0 Å². The Morgan fingerprint density at radius 1 is 1.04 bits per heavy atom. The van der Waals surface area contributed by atoms with Gasteiger partial charge in [0.15, 0.2) is 0 Å². The Balaban J connectivity index is 1.65. The first-order valence-corrected chi connectivity index (χ1v) is 8.53. The SMILES string of the molecule is c1ccc(-c2c[nH]c3ncnc(NCC4CCCCC4)c23)cc1. The van der Waals surface area contributed by atoms with Crippen LogP contribution in [0.1, 0.15) is 32.1 Å². The molecule has 1 aliphatic rings. The third kappa shape index (κ3) is 2.93. The highest BCUT2D eigenvalue weighted by Crippen LogP contribution is 2.32. The smallest absolute Gasteiger partial charge is 0.143 e. The van der Waals surface area contributed by atoms with Gasteiger partial charge >= 0.3 is 0 Å². The summed E-state index contributed by atoms with van der Waals surface area (Å²) in [5.41, 5.74) is 3.24. The van der Waals surface area contributed by atoms with Gasteiger partial charge in [-0.25, -0.2) is 9.97 Å². The second-order valence-corrected chi connectivity index (χ2v) is 6.40. The van der Waals surface area contributed by atoms with Crippen LogP contribution in [0, 0.1) is 5.92 Å². The van der Waals surface area contributed by atoms with E-state index in [0.717, 1.165) is 34.9 Å². The van der Waals surface area contributed by atoms with Crippen molar-refractivity contribution in [2.24, 2.45) is 5.92 Å².